The van der Waals surface area contributed by atoms with Crippen LogP contribution < -0.4 is 0 Å². The highest BCUT2D eigenvalue weighted by atomic mass is 28.1. The third kappa shape index (κ3) is 2.47. The van der Waals surface area contributed by atoms with Crippen LogP contribution in [0.25, 0.3) is 0 Å². The Hall–Kier alpha value is -0.703. The topological polar surface area (TPSA) is 40.5 Å². The maximum atomic E-state index is 8.37. The standard InChI is InChI=1S/C5H10O2Si/c1-2-3-4(8)5(6)7/h2,6-7H,1,3H2,8H3. The fraction of sp³-hybridized carbons (Fsp3) is 0.200. The Morgan fingerprint density at radius 3 is 2.25 bits per heavy atom. The first-order chi connectivity index (χ1) is 3.68. The maximum Gasteiger partial charge on any atom is 0.268 e. The Labute approximate surface area is 51.6 Å². The molecule has 2 N–H and O–H groups in total. The van der Waals surface area contributed by atoms with Gasteiger partial charge in [-0.25, -0.2) is 0 Å². The first-order valence-corrected chi connectivity index (χ1v) is 3.37. The van der Waals surface area contributed by atoms with Gasteiger partial charge in [-0.05, 0) is 11.6 Å². The second-order valence-corrected chi connectivity index (χ2v) is 2.80. The van der Waals surface area contributed by atoms with E-state index >= 15 is 0 Å². The predicted molar refractivity (Wildman–Crippen MR) is 37.0 cm³/mol. The molecule has 0 amide bonds. The van der Waals surface area contributed by atoms with Crippen LogP contribution in [0, 0.1) is 0 Å². The molecule has 2 nitrogen and oxygen atoms in total. The molecule has 0 aliphatic rings. The lowest BCUT2D eigenvalue weighted by Crippen LogP contribution is -1.87. The molecule has 0 aromatic rings. The molecule has 0 heterocycles. The highest BCUT2D eigenvalue weighted by Gasteiger charge is 1.91. The normalized spacial score (nSPS) is 8.50. The monoisotopic (exact) mass is 130 g/mol. The minimum absolute atomic E-state index is 0.531. The molecule has 0 aliphatic carbocycles. The number of allylic oxidation sites excluding steroid dienone is 2. The van der Waals surface area contributed by atoms with Crippen molar-refractivity contribution in [3.05, 3.63) is 23.8 Å². The molecule has 0 unspecified atom stereocenters. The third-order valence-corrected chi connectivity index (χ3v) is 1.69. The maximum absolute atomic E-state index is 8.37. The van der Waals surface area contributed by atoms with Gasteiger partial charge in [0.25, 0.3) is 5.95 Å². The summed E-state index contributed by atoms with van der Waals surface area (Å²) in [7, 11) is 0.692. The van der Waals surface area contributed by atoms with Crippen molar-refractivity contribution in [2.45, 2.75) is 6.42 Å². The van der Waals surface area contributed by atoms with E-state index in [1.165, 1.54) is 0 Å². The molecule has 0 spiro atoms. The predicted octanol–water partition coefficient (Wildman–Crippen LogP) is 0.213. The third-order valence-electron chi connectivity index (χ3n) is 0.832. The largest absolute Gasteiger partial charge is 0.481 e. The molecule has 0 radical (unpaired) electrons. The van der Waals surface area contributed by atoms with Gasteiger partial charge in [-0.3, -0.25) is 0 Å². The van der Waals surface area contributed by atoms with E-state index in [9.17, 15) is 0 Å². The molecule has 0 fully saturated rings. The van der Waals surface area contributed by atoms with Crippen molar-refractivity contribution >= 4 is 10.2 Å². The van der Waals surface area contributed by atoms with Crippen molar-refractivity contribution < 1.29 is 10.2 Å². The van der Waals surface area contributed by atoms with E-state index in [0.717, 1.165) is 0 Å². The molecule has 3 heteroatoms. The fourth-order valence-electron chi connectivity index (χ4n) is 0.308. The molecule has 0 aliphatic heterocycles. The zero-order valence-electron chi connectivity index (χ0n) is 4.89. The van der Waals surface area contributed by atoms with Gasteiger partial charge >= 0.3 is 0 Å². The quantitative estimate of drug-likeness (QED) is 0.319. The summed E-state index contributed by atoms with van der Waals surface area (Å²) in [6.07, 6.45) is 2.24. The summed E-state index contributed by atoms with van der Waals surface area (Å²) in [4.78, 5) is 0. The molecule has 46 valence electrons. The van der Waals surface area contributed by atoms with Crippen molar-refractivity contribution in [3.8, 4) is 0 Å². The first-order valence-electron chi connectivity index (χ1n) is 2.37. The summed E-state index contributed by atoms with van der Waals surface area (Å²) >= 11 is 0. The van der Waals surface area contributed by atoms with Crippen molar-refractivity contribution in [3.63, 3.8) is 0 Å². The summed E-state index contributed by atoms with van der Waals surface area (Å²) in [6, 6.07) is 0. The molecule has 0 aromatic heterocycles. The Kier molecular flexibility index (Phi) is 3.03. The lowest BCUT2D eigenvalue weighted by Gasteiger charge is -1.92. The Morgan fingerprint density at radius 1 is 1.62 bits per heavy atom. The molecule has 0 atom stereocenters. The van der Waals surface area contributed by atoms with Crippen molar-refractivity contribution in [1.29, 1.82) is 0 Å². The summed E-state index contributed by atoms with van der Waals surface area (Å²) in [5.41, 5.74) is 0. The highest BCUT2D eigenvalue weighted by molar-refractivity contribution is 6.21. The van der Waals surface area contributed by atoms with E-state index in [1.807, 2.05) is 0 Å². The number of aliphatic hydroxyl groups excluding tert-OH is 1. The number of aliphatic hydroxyl groups is 2. The SMILES string of the molecule is C=CCC([SiH3])=C(O)O. The van der Waals surface area contributed by atoms with E-state index in [4.69, 9.17) is 10.2 Å². The minimum Gasteiger partial charge on any atom is -0.481 e. The molecule has 0 aromatic carbocycles. The van der Waals surface area contributed by atoms with Crippen molar-refractivity contribution in [2.24, 2.45) is 0 Å². The smallest absolute Gasteiger partial charge is 0.268 e. The number of hydrogen-bond acceptors (Lipinski definition) is 2. The van der Waals surface area contributed by atoms with Gasteiger partial charge in [-0.2, -0.15) is 0 Å². The zero-order chi connectivity index (χ0) is 6.57. The van der Waals surface area contributed by atoms with E-state index in [-0.39, 0.29) is 0 Å². The van der Waals surface area contributed by atoms with Gasteiger partial charge in [-0.1, -0.05) is 6.08 Å². The van der Waals surface area contributed by atoms with Gasteiger partial charge in [0, 0.05) is 10.2 Å². The van der Waals surface area contributed by atoms with Gasteiger partial charge in [-0.15, -0.1) is 6.58 Å². The minimum atomic E-state index is -0.531. The highest BCUT2D eigenvalue weighted by Crippen LogP contribution is 1.97. The van der Waals surface area contributed by atoms with Crippen LogP contribution in [0.2, 0.25) is 0 Å². The lowest BCUT2D eigenvalue weighted by molar-refractivity contribution is 0.187. The van der Waals surface area contributed by atoms with Crippen LogP contribution in [-0.2, 0) is 0 Å². The number of hydrogen-bond donors (Lipinski definition) is 2. The van der Waals surface area contributed by atoms with Gasteiger partial charge in [0.05, 0.1) is 0 Å². The molecule has 0 rings (SSSR count). The van der Waals surface area contributed by atoms with E-state index in [0.29, 0.717) is 21.9 Å². The lowest BCUT2D eigenvalue weighted by atomic mass is 10.4. The van der Waals surface area contributed by atoms with E-state index < -0.39 is 5.95 Å². The van der Waals surface area contributed by atoms with Crippen LogP contribution >= 0.6 is 0 Å². The van der Waals surface area contributed by atoms with Crippen LogP contribution in [0.15, 0.2) is 23.8 Å². The second kappa shape index (κ2) is 3.32. The van der Waals surface area contributed by atoms with Gasteiger partial charge in [0.2, 0.25) is 0 Å². The molecule has 0 saturated heterocycles. The summed E-state index contributed by atoms with van der Waals surface area (Å²) in [5, 5.41) is 17.4. The zero-order valence-corrected chi connectivity index (χ0v) is 6.89. The fourth-order valence-corrected chi connectivity index (χ4v) is 0.596. The molecule has 0 bridgehead atoms. The van der Waals surface area contributed by atoms with Crippen LogP contribution in [0.4, 0.5) is 0 Å². The second-order valence-electron chi connectivity index (χ2n) is 1.60. The number of rotatable bonds is 2. The van der Waals surface area contributed by atoms with Gasteiger partial charge < -0.3 is 10.2 Å². The Bertz CT molecular complexity index is 114. The summed E-state index contributed by atoms with van der Waals surface area (Å²) in [6.45, 7) is 3.45. The van der Waals surface area contributed by atoms with Gasteiger partial charge in [0.15, 0.2) is 0 Å². The van der Waals surface area contributed by atoms with Crippen LogP contribution in [0.1, 0.15) is 6.42 Å². The van der Waals surface area contributed by atoms with Crippen LogP contribution in [-0.4, -0.2) is 20.5 Å². The van der Waals surface area contributed by atoms with Crippen LogP contribution in [0.5, 0.6) is 0 Å². The Balaban J connectivity index is 3.79. The van der Waals surface area contributed by atoms with Crippen molar-refractivity contribution in [1.82, 2.24) is 0 Å². The van der Waals surface area contributed by atoms with Gasteiger partial charge in [0.1, 0.15) is 0 Å². The van der Waals surface area contributed by atoms with Crippen LogP contribution in [0.3, 0.4) is 0 Å². The molecular formula is C5H10O2Si. The average Bonchev–Trinajstić information content (AvgIpc) is 1.67. The average molecular weight is 130 g/mol. The molecule has 0 saturated carbocycles. The molecule has 8 heavy (non-hydrogen) atoms. The van der Waals surface area contributed by atoms with E-state index in [2.05, 4.69) is 6.58 Å². The molecular weight excluding hydrogens is 120 g/mol. The summed E-state index contributed by atoms with van der Waals surface area (Å²) < 4.78 is 0. The van der Waals surface area contributed by atoms with Crippen molar-refractivity contribution in [2.75, 3.05) is 0 Å². The summed E-state index contributed by atoms with van der Waals surface area (Å²) in [5.74, 6) is -0.531. The van der Waals surface area contributed by atoms with E-state index in [1.54, 1.807) is 6.08 Å². The Morgan fingerprint density at radius 2 is 2.12 bits per heavy atom. The first kappa shape index (κ1) is 7.30.